The number of pyridine rings is 1. The predicted molar refractivity (Wildman–Crippen MR) is 54.5 cm³/mol. The molecule has 88 valence electrons. The Labute approximate surface area is 99.1 Å². The standard InChI is InChI=1S/C10H5ClF3N3/c11-8-3-6(10(12,13)14)4-17-5-7(1-2-15)16-9(8)17/h3-5H,1H2. The van der Waals surface area contributed by atoms with Crippen molar-refractivity contribution in [3.8, 4) is 6.07 Å². The smallest absolute Gasteiger partial charge is 0.305 e. The summed E-state index contributed by atoms with van der Waals surface area (Å²) in [5, 5.41) is 8.39. The van der Waals surface area contributed by atoms with E-state index in [1.54, 1.807) is 0 Å². The summed E-state index contributed by atoms with van der Waals surface area (Å²) in [5.41, 5.74) is -0.255. The number of rotatable bonds is 1. The summed E-state index contributed by atoms with van der Waals surface area (Å²) in [6, 6.07) is 2.69. The van der Waals surface area contributed by atoms with Gasteiger partial charge in [-0.15, -0.1) is 0 Å². The average molecular weight is 260 g/mol. The third-order valence-electron chi connectivity index (χ3n) is 2.14. The molecule has 0 radical (unpaired) electrons. The molecule has 2 aromatic heterocycles. The SMILES string of the molecule is N#CCc1cn2cc(C(F)(F)F)cc(Cl)c2n1. The number of nitriles is 1. The van der Waals surface area contributed by atoms with Gasteiger partial charge in [-0.2, -0.15) is 18.4 Å². The first kappa shape index (κ1) is 11.7. The number of hydrogen-bond donors (Lipinski definition) is 0. The van der Waals surface area contributed by atoms with E-state index < -0.39 is 11.7 Å². The van der Waals surface area contributed by atoms with Gasteiger partial charge >= 0.3 is 6.18 Å². The summed E-state index contributed by atoms with van der Waals surface area (Å²) in [6.07, 6.45) is -2.17. The molecule has 0 aromatic carbocycles. The molecule has 0 saturated carbocycles. The van der Waals surface area contributed by atoms with Gasteiger partial charge in [-0.3, -0.25) is 0 Å². The van der Waals surface area contributed by atoms with Crippen LogP contribution in [-0.4, -0.2) is 9.38 Å². The lowest BCUT2D eigenvalue weighted by Gasteiger charge is -2.07. The number of aromatic nitrogens is 2. The highest BCUT2D eigenvalue weighted by molar-refractivity contribution is 6.33. The van der Waals surface area contributed by atoms with E-state index >= 15 is 0 Å². The van der Waals surface area contributed by atoms with Crippen molar-refractivity contribution in [2.45, 2.75) is 12.6 Å². The Bertz CT molecular complexity index is 610. The Kier molecular flexibility index (Phi) is 2.71. The van der Waals surface area contributed by atoms with Crippen molar-refractivity contribution >= 4 is 17.2 Å². The lowest BCUT2D eigenvalue weighted by atomic mass is 10.3. The van der Waals surface area contributed by atoms with Gasteiger partial charge in [-0.05, 0) is 6.07 Å². The van der Waals surface area contributed by atoms with Crippen LogP contribution in [-0.2, 0) is 12.6 Å². The van der Waals surface area contributed by atoms with E-state index in [9.17, 15) is 13.2 Å². The molecular formula is C10H5ClF3N3. The van der Waals surface area contributed by atoms with Gasteiger partial charge in [0.1, 0.15) is 0 Å². The molecule has 0 unspecified atom stereocenters. The molecule has 0 atom stereocenters. The molecule has 0 spiro atoms. The highest BCUT2D eigenvalue weighted by Crippen LogP contribution is 2.32. The number of imidazole rings is 1. The molecule has 2 heterocycles. The Morgan fingerprint density at radius 2 is 2.12 bits per heavy atom. The molecule has 3 nitrogen and oxygen atoms in total. The predicted octanol–water partition coefficient (Wildman–Crippen LogP) is 3.07. The summed E-state index contributed by atoms with van der Waals surface area (Å²) in [7, 11) is 0. The van der Waals surface area contributed by atoms with E-state index in [1.165, 1.54) is 10.6 Å². The summed E-state index contributed by atoms with van der Waals surface area (Å²) in [4.78, 5) is 3.97. The molecule has 2 aromatic rings. The van der Waals surface area contributed by atoms with Crippen LogP contribution in [0.5, 0.6) is 0 Å². The molecule has 0 aliphatic rings. The molecule has 0 N–H and O–H groups in total. The van der Waals surface area contributed by atoms with Crippen molar-refractivity contribution in [3.63, 3.8) is 0 Å². The van der Waals surface area contributed by atoms with Crippen molar-refractivity contribution in [1.82, 2.24) is 9.38 Å². The van der Waals surface area contributed by atoms with Crippen LogP contribution < -0.4 is 0 Å². The fourth-order valence-electron chi connectivity index (χ4n) is 1.43. The topological polar surface area (TPSA) is 41.1 Å². The van der Waals surface area contributed by atoms with E-state index in [2.05, 4.69) is 4.98 Å². The van der Waals surface area contributed by atoms with Crippen LogP contribution in [0.3, 0.4) is 0 Å². The van der Waals surface area contributed by atoms with Crippen LogP contribution in [0.25, 0.3) is 5.65 Å². The van der Waals surface area contributed by atoms with Crippen LogP contribution in [0, 0.1) is 11.3 Å². The largest absolute Gasteiger partial charge is 0.417 e. The van der Waals surface area contributed by atoms with Crippen molar-refractivity contribution in [3.05, 3.63) is 34.7 Å². The van der Waals surface area contributed by atoms with Crippen LogP contribution in [0.1, 0.15) is 11.3 Å². The second-order valence-electron chi connectivity index (χ2n) is 3.37. The molecule has 0 amide bonds. The van der Waals surface area contributed by atoms with Gasteiger partial charge in [-0.25, -0.2) is 4.98 Å². The molecule has 0 bridgehead atoms. The fraction of sp³-hybridized carbons (Fsp3) is 0.200. The molecule has 0 aliphatic carbocycles. The third kappa shape index (κ3) is 2.19. The molecule has 0 saturated heterocycles. The Hall–Kier alpha value is -1.74. The van der Waals surface area contributed by atoms with Gasteiger partial charge in [0, 0.05) is 12.4 Å². The summed E-state index contributed by atoms with van der Waals surface area (Å²) in [6.45, 7) is 0. The molecular weight excluding hydrogens is 255 g/mol. The maximum absolute atomic E-state index is 12.5. The maximum atomic E-state index is 12.5. The van der Waals surface area contributed by atoms with E-state index in [0.717, 1.165) is 12.3 Å². The second-order valence-corrected chi connectivity index (χ2v) is 3.78. The lowest BCUT2D eigenvalue weighted by Crippen LogP contribution is -2.06. The summed E-state index contributed by atoms with van der Waals surface area (Å²) in [5.74, 6) is 0. The van der Waals surface area contributed by atoms with E-state index in [1.807, 2.05) is 6.07 Å². The van der Waals surface area contributed by atoms with Crippen molar-refractivity contribution in [2.75, 3.05) is 0 Å². The second kappa shape index (κ2) is 3.93. The number of alkyl halides is 3. The van der Waals surface area contributed by atoms with Crippen LogP contribution >= 0.6 is 11.6 Å². The van der Waals surface area contributed by atoms with E-state index in [4.69, 9.17) is 16.9 Å². The Morgan fingerprint density at radius 1 is 1.41 bits per heavy atom. The molecule has 2 rings (SSSR count). The first-order valence-electron chi connectivity index (χ1n) is 4.53. The van der Waals surface area contributed by atoms with Gasteiger partial charge < -0.3 is 4.40 Å². The van der Waals surface area contributed by atoms with Gasteiger partial charge in [0.25, 0.3) is 0 Å². The Balaban J connectivity index is 2.62. The van der Waals surface area contributed by atoms with Crippen LogP contribution in [0.4, 0.5) is 13.2 Å². The third-order valence-corrected chi connectivity index (χ3v) is 2.42. The van der Waals surface area contributed by atoms with E-state index in [0.29, 0.717) is 5.69 Å². The maximum Gasteiger partial charge on any atom is 0.417 e. The molecule has 17 heavy (non-hydrogen) atoms. The fourth-order valence-corrected chi connectivity index (χ4v) is 1.69. The first-order valence-corrected chi connectivity index (χ1v) is 4.91. The monoisotopic (exact) mass is 259 g/mol. The number of fused-ring (bicyclic) bond motifs is 1. The molecule has 0 aliphatic heterocycles. The van der Waals surface area contributed by atoms with Crippen molar-refractivity contribution < 1.29 is 13.2 Å². The highest BCUT2D eigenvalue weighted by Gasteiger charge is 2.31. The van der Waals surface area contributed by atoms with Gasteiger partial charge in [0.05, 0.1) is 28.8 Å². The lowest BCUT2D eigenvalue weighted by molar-refractivity contribution is -0.137. The molecule has 0 fully saturated rings. The zero-order valence-corrected chi connectivity index (χ0v) is 9.05. The number of nitrogens with zero attached hydrogens (tertiary/aromatic N) is 3. The average Bonchev–Trinajstić information content (AvgIpc) is 2.60. The highest BCUT2D eigenvalue weighted by atomic mass is 35.5. The van der Waals surface area contributed by atoms with Crippen molar-refractivity contribution in [2.24, 2.45) is 0 Å². The summed E-state index contributed by atoms with van der Waals surface area (Å²) < 4.78 is 38.7. The minimum atomic E-state index is -4.46. The van der Waals surface area contributed by atoms with Crippen LogP contribution in [0.2, 0.25) is 5.02 Å². The van der Waals surface area contributed by atoms with Crippen LogP contribution in [0.15, 0.2) is 18.5 Å². The van der Waals surface area contributed by atoms with Crippen molar-refractivity contribution in [1.29, 1.82) is 5.26 Å². The quantitative estimate of drug-likeness (QED) is 0.790. The zero-order valence-electron chi connectivity index (χ0n) is 8.29. The van der Waals surface area contributed by atoms with Gasteiger partial charge in [-0.1, -0.05) is 11.6 Å². The first-order chi connectivity index (χ1) is 7.91. The molecule has 7 heteroatoms. The number of halogens is 4. The van der Waals surface area contributed by atoms with Gasteiger partial charge in [0.2, 0.25) is 0 Å². The van der Waals surface area contributed by atoms with Gasteiger partial charge in [0.15, 0.2) is 5.65 Å². The minimum Gasteiger partial charge on any atom is -0.305 e. The summed E-state index contributed by atoms with van der Waals surface area (Å²) >= 11 is 5.72. The normalized spacial score (nSPS) is 11.7. The minimum absolute atomic E-state index is 0.0271. The van der Waals surface area contributed by atoms with E-state index in [-0.39, 0.29) is 17.1 Å². The zero-order chi connectivity index (χ0) is 12.6. The Morgan fingerprint density at radius 3 is 2.71 bits per heavy atom. The number of hydrogen-bond acceptors (Lipinski definition) is 2.